The summed E-state index contributed by atoms with van der Waals surface area (Å²) < 4.78 is 12.4. The summed E-state index contributed by atoms with van der Waals surface area (Å²) >= 11 is 0. The minimum atomic E-state index is -1.56. The molecule has 3 rings (SSSR count). The lowest BCUT2D eigenvalue weighted by Gasteiger charge is -2.26. The highest BCUT2D eigenvalue weighted by molar-refractivity contribution is 7.86. The van der Waals surface area contributed by atoms with Crippen LogP contribution in [0.5, 0.6) is 0 Å². The minimum absolute atomic E-state index is 0.0452. The van der Waals surface area contributed by atoms with Crippen molar-refractivity contribution in [2.75, 3.05) is 16.8 Å². The maximum Gasteiger partial charge on any atom is 0.237 e. The first-order valence-corrected chi connectivity index (χ1v) is 11.4. The van der Waals surface area contributed by atoms with Gasteiger partial charge >= 0.3 is 0 Å². The molecule has 0 aromatic heterocycles. The number of carbonyl (C=O) groups excluding carboxylic acids is 2. The van der Waals surface area contributed by atoms with Crippen molar-refractivity contribution in [3.8, 4) is 0 Å². The Hall–Kier alpha value is -2.47. The Balaban J connectivity index is 1.53. The molecule has 1 aliphatic carbocycles. The summed E-state index contributed by atoms with van der Waals surface area (Å²) in [5.41, 5.74) is 6.21. The van der Waals surface area contributed by atoms with Crippen LogP contribution in [-0.4, -0.2) is 27.5 Å². The van der Waals surface area contributed by atoms with Gasteiger partial charge in [-0.25, -0.2) is 0 Å². The summed E-state index contributed by atoms with van der Waals surface area (Å²) in [5, 5.41) is 5.83. The lowest BCUT2D eigenvalue weighted by molar-refractivity contribution is -0.119. The van der Waals surface area contributed by atoms with Crippen LogP contribution >= 0.6 is 0 Å². The van der Waals surface area contributed by atoms with Crippen LogP contribution in [0.2, 0.25) is 0 Å². The van der Waals surface area contributed by atoms with Gasteiger partial charge < -0.3 is 10.6 Å². The minimum Gasteiger partial charge on any atom is -0.348 e. The molecule has 6 heteroatoms. The van der Waals surface area contributed by atoms with Crippen LogP contribution in [0.1, 0.15) is 46.7 Å². The Kier molecular flexibility index (Phi) is 6.85. The molecule has 2 aromatic carbocycles. The van der Waals surface area contributed by atoms with E-state index in [-0.39, 0.29) is 29.4 Å². The Bertz CT molecular complexity index is 932. The van der Waals surface area contributed by atoms with Crippen molar-refractivity contribution in [1.29, 1.82) is 0 Å². The van der Waals surface area contributed by atoms with Crippen molar-refractivity contribution in [3.63, 3.8) is 0 Å². The molecular formula is C23H28N2O3S. The second-order valence-corrected chi connectivity index (χ2v) is 9.22. The van der Waals surface area contributed by atoms with Crippen molar-refractivity contribution < 1.29 is 13.8 Å². The second-order valence-electron chi connectivity index (χ2n) is 7.76. The topological polar surface area (TPSA) is 75.3 Å². The van der Waals surface area contributed by atoms with Gasteiger partial charge in [0.15, 0.2) is 0 Å². The normalized spacial score (nSPS) is 16.6. The molecule has 154 valence electrons. The van der Waals surface area contributed by atoms with Crippen LogP contribution < -0.4 is 10.6 Å². The highest BCUT2D eigenvalue weighted by Gasteiger charge is 2.22. The molecule has 0 saturated heterocycles. The van der Waals surface area contributed by atoms with Crippen molar-refractivity contribution >= 4 is 28.3 Å². The van der Waals surface area contributed by atoms with Gasteiger partial charge in [-0.05, 0) is 62.3 Å². The molecule has 5 nitrogen and oxygen atoms in total. The maximum absolute atomic E-state index is 12.4. The number of amides is 2. The fourth-order valence-corrected chi connectivity index (χ4v) is 4.88. The van der Waals surface area contributed by atoms with Gasteiger partial charge in [-0.15, -0.1) is 0 Å². The van der Waals surface area contributed by atoms with E-state index in [1.807, 2.05) is 51.1 Å². The Morgan fingerprint density at radius 1 is 1.03 bits per heavy atom. The van der Waals surface area contributed by atoms with E-state index in [2.05, 4.69) is 16.7 Å². The van der Waals surface area contributed by atoms with Crippen molar-refractivity contribution in [3.05, 3.63) is 64.2 Å². The zero-order valence-electron chi connectivity index (χ0n) is 17.2. The molecule has 1 aliphatic rings. The quantitative estimate of drug-likeness (QED) is 0.763. The van der Waals surface area contributed by atoms with Crippen LogP contribution in [0.25, 0.3) is 0 Å². The summed E-state index contributed by atoms with van der Waals surface area (Å²) in [6.07, 6.45) is 2.91. The fraction of sp³-hybridized carbons (Fsp3) is 0.391. The predicted octanol–water partition coefficient (Wildman–Crippen LogP) is 3.49. The third-order valence-electron chi connectivity index (χ3n) is 5.23. The largest absolute Gasteiger partial charge is 0.348 e. The summed E-state index contributed by atoms with van der Waals surface area (Å²) in [4.78, 5) is 24.7. The zero-order valence-corrected chi connectivity index (χ0v) is 18.0. The van der Waals surface area contributed by atoms with Crippen LogP contribution in [0.15, 0.2) is 36.4 Å². The summed E-state index contributed by atoms with van der Waals surface area (Å²) in [6.45, 7) is 5.87. The number of hydrogen-bond donors (Lipinski definition) is 2. The first kappa shape index (κ1) is 21.2. The smallest absolute Gasteiger partial charge is 0.237 e. The lowest BCUT2D eigenvalue weighted by Crippen LogP contribution is -2.35. The number of nitrogens with one attached hydrogen (secondary N) is 2. The monoisotopic (exact) mass is 412 g/mol. The molecule has 0 bridgehead atoms. The van der Waals surface area contributed by atoms with Gasteiger partial charge in [0.2, 0.25) is 11.8 Å². The summed E-state index contributed by atoms with van der Waals surface area (Å²) in [7, 11) is -1.56. The van der Waals surface area contributed by atoms with E-state index in [9.17, 15) is 13.8 Å². The lowest BCUT2D eigenvalue weighted by atomic mass is 9.88. The van der Waals surface area contributed by atoms with Crippen molar-refractivity contribution in [1.82, 2.24) is 5.32 Å². The number of rotatable bonds is 6. The molecular weight excluding hydrogens is 384 g/mol. The molecule has 0 heterocycles. The van der Waals surface area contributed by atoms with Crippen LogP contribution in [0.4, 0.5) is 5.69 Å². The van der Waals surface area contributed by atoms with E-state index >= 15 is 0 Å². The van der Waals surface area contributed by atoms with Gasteiger partial charge in [0.25, 0.3) is 0 Å². The predicted molar refractivity (Wildman–Crippen MR) is 117 cm³/mol. The van der Waals surface area contributed by atoms with Gasteiger partial charge in [0, 0.05) is 16.5 Å². The Morgan fingerprint density at radius 3 is 2.41 bits per heavy atom. The maximum atomic E-state index is 12.4. The third-order valence-corrected chi connectivity index (χ3v) is 6.40. The van der Waals surface area contributed by atoms with E-state index < -0.39 is 10.8 Å². The molecule has 29 heavy (non-hydrogen) atoms. The fourth-order valence-electron chi connectivity index (χ4n) is 4.04. The highest BCUT2D eigenvalue weighted by atomic mass is 32.2. The van der Waals surface area contributed by atoms with E-state index in [0.29, 0.717) is 0 Å². The van der Waals surface area contributed by atoms with Gasteiger partial charge in [0.1, 0.15) is 11.5 Å². The number of hydrogen-bond acceptors (Lipinski definition) is 3. The molecule has 2 N–H and O–H groups in total. The SMILES string of the molecule is Cc1cc(C)c(NC(=O)C[S@@](=O)CC(=O)N[C@H]2CCCc3ccccc32)c(C)c1. The van der Waals surface area contributed by atoms with Crippen molar-refractivity contribution in [2.24, 2.45) is 0 Å². The molecule has 0 aliphatic heterocycles. The van der Waals surface area contributed by atoms with Crippen LogP contribution in [0.3, 0.4) is 0 Å². The Labute approximate surface area is 174 Å². The van der Waals surface area contributed by atoms with E-state index in [1.165, 1.54) is 5.56 Å². The molecule has 0 spiro atoms. The van der Waals surface area contributed by atoms with Crippen LogP contribution in [0, 0.1) is 20.8 Å². The summed E-state index contributed by atoms with van der Waals surface area (Å²) in [5.74, 6) is -0.978. The molecule has 0 radical (unpaired) electrons. The molecule has 0 saturated carbocycles. The average Bonchev–Trinajstić information content (AvgIpc) is 2.64. The Morgan fingerprint density at radius 2 is 1.69 bits per heavy atom. The molecule has 2 atom stereocenters. The first-order valence-electron chi connectivity index (χ1n) is 9.93. The molecule has 2 aromatic rings. The second kappa shape index (κ2) is 9.35. The van der Waals surface area contributed by atoms with E-state index in [0.717, 1.165) is 47.2 Å². The standard InChI is InChI=1S/C23H28N2O3S/c1-15-11-16(2)23(17(3)12-15)25-22(27)14-29(28)13-21(26)24-20-10-6-8-18-7-4-5-9-19(18)20/h4-5,7,9,11-12,20H,6,8,10,13-14H2,1-3H3,(H,24,26)(H,25,27)/t20-,29-/m0/s1. The third kappa shape index (κ3) is 5.54. The summed E-state index contributed by atoms with van der Waals surface area (Å²) in [6, 6.07) is 12.1. The molecule has 0 unspecified atom stereocenters. The molecule has 2 amide bonds. The highest BCUT2D eigenvalue weighted by Crippen LogP contribution is 2.29. The van der Waals surface area contributed by atoms with E-state index in [4.69, 9.17) is 0 Å². The number of fused-ring (bicyclic) bond motifs is 1. The van der Waals surface area contributed by atoms with E-state index in [1.54, 1.807) is 0 Å². The van der Waals surface area contributed by atoms with Gasteiger partial charge in [-0.2, -0.15) is 0 Å². The van der Waals surface area contributed by atoms with Crippen LogP contribution in [-0.2, 0) is 26.8 Å². The number of benzene rings is 2. The molecule has 0 fully saturated rings. The zero-order chi connectivity index (χ0) is 21.0. The first-order chi connectivity index (χ1) is 13.8. The van der Waals surface area contributed by atoms with Crippen molar-refractivity contribution in [2.45, 2.75) is 46.1 Å². The average molecular weight is 413 g/mol. The number of aryl methyl sites for hydroxylation is 4. The van der Waals surface area contributed by atoms with Gasteiger partial charge in [-0.1, -0.05) is 42.0 Å². The van der Waals surface area contributed by atoms with Gasteiger partial charge in [-0.3, -0.25) is 13.8 Å². The number of carbonyl (C=O) groups is 2. The van der Waals surface area contributed by atoms with Gasteiger partial charge in [0.05, 0.1) is 6.04 Å². The number of anilines is 1.